The molecule has 2 rings (SSSR count). The molecule has 4 nitrogen and oxygen atoms in total. The molecule has 66 valence electrons. The van der Waals surface area contributed by atoms with Crippen molar-refractivity contribution < 1.29 is 0 Å². The number of hydrogen-bond acceptors (Lipinski definition) is 5. The minimum atomic E-state index is 0.983. The second-order valence-electron chi connectivity index (χ2n) is 3.05. The van der Waals surface area contributed by atoms with Crippen molar-refractivity contribution in [3.05, 3.63) is 0 Å². The van der Waals surface area contributed by atoms with Crippen LogP contribution in [0.1, 0.15) is 25.7 Å². The average Bonchev–Trinajstić information content (AvgIpc) is 2.48. The van der Waals surface area contributed by atoms with Crippen LogP contribution in [-0.2, 0) is 0 Å². The molecule has 12 heavy (non-hydrogen) atoms. The molecule has 2 heterocycles. The van der Waals surface area contributed by atoms with E-state index in [2.05, 4.69) is 19.7 Å². The molecule has 1 saturated heterocycles. The van der Waals surface area contributed by atoms with Crippen molar-refractivity contribution in [3.63, 3.8) is 0 Å². The summed E-state index contributed by atoms with van der Waals surface area (Å²) in [5, 5.41) is 8.55. The molecule has 0 aliphatic carbocycles. The third-order valence-electron chi connectivity index (χ3n) is 2.17. The van der Waals surface area contributed by atoms with Crippen molar-refractivity contribution >= 4 is 16.7 Å². The Balaban J connectivity index is 2.02. The Labute approximate surface area is 75.8 Å². The van der Waals surface area contributed by atoms with E-state index in [1.807, 2.05) is 0 Å². The minimum Gasteiger partial charge on any atom is -0.345 e. The molecule has 1 aromatic heterocycles. The predicted molar refractivity (Wildman–Crippen MR) is 48.4 cm³/mol. The van der Waals surface area contributed by atoms with Crippen LogP contribution in [-0.4, -0.2) is 27.9 Å². The highest BCUT2D eigenvalue weighted by atomic mass is 32.1. The Kier molecular flexibility index (Phi) is 2.51. The average molecular weight is 184 g/mol. The van der Waals surface area contributed by atoms with E-state index in [0.29, 0.717) is 0 Å². The van der Waals surface area contributed by atoms with Crippen LogP contribution < -0.4 is 4.90 Å². The van der Waals surface area contributed by atoms with E-state index in [-0.39, 0.29) is 0 Å². The maximum atomic E-state index is 3.96. The zero-order valence-electron chi connectivity index (χ0n) is 6.94. The fourth-order valence-corrected chi connectivity index (χ4v) is 2.03. The van der Waals surface area contributed by atoms with Crippen molar-refractivity contribution in [2.75, 3.05) is 18.0 Å². The van der Waals surface area contributed by atoms with E-state index in [1.54, 1.807) is 0 Å². The molecule has 0 N–H and O–H groups in total. The van der Waals surface area contributed by atoms with Crippen LogP contribution in [0.5, 0.6) is 0 Å². The molecule has 0 atom stereocenters. The van der Waals surface area contributed by atoms with Crippen LogP contribution in [0, 0.1) is 0 Å². The van der Waals surface area contributed by atoms with Crippen molar-refractivity contribution in [1.29, 1.82) is 0 Å². The van der Waals surface area contributed by atoms with Gasteiger partial charge in [-0.15, -0.1) is 0 Å². The molecule has 1 aliphatic rings. The van der Waals surface area contributed by atoms with Gasteiger partial charge in [-0.25, -0.2) is 0 Å². The van der Waals surface area contributed by atoms with Crippen LogP contribution >= 0.6 is 11.5 Å². The first-order chi connectivity index (χ1) is 5.97. The first kappa shape index (κ1) is 7.91. The summed E-state index contributed by atoms with van der Waals surface area (Å²) in [6.45, 7) is 2.24. The zero-order chi connectivity index (χ0) is 8.23. The summed E-state index contributed by atoms with van der Waals surface area (Å²) in [6, 6.07) is 0. The smallest absolute Gasteiger partial charge is 0.227 e. The van der Waals surface area contributed by atoms with Gasteiger partial charge in [0.05, 0.1) is 0 Å². The molecule has 0 aromatic carbocycles. The minimum absolute atomic E-state index is 0.983. The molecular weight excluding hydrogens is 172 g/mol. The van der Waals surface area contributed by atoms with E-state index in [4.69, 9.17) is 0 Å². The van der Waals surface area contributed by atoms with Crippen LogP contribution in [0.15, 0.2) is 0 Å². The lowest BCUT2D eigenvalue weighted by Crippen LogP contribution is -2.23. The molecule has 0 saturated carbocycles. The molecule has 0 unspecified atom stereocenters. The summed E-state index contributed by atoms with van der Waals surface area (Å²) < 4.78 is 3.77. The molecule has 0 amide bonds. The normalized spacial score (nSPS) is 19.2. The molecule has 0 radical (unpaired) electrons. The zero-order valence-corrected chi connectivity index (χ0v) is 7.76. The Hall–Kier alpha value is -0.710. The van der Waals surface area contributed by atoms with Gasteiger partial charge in [-0.05, 0) is 18.1 Å². The lowest BCUT2D eigenvalue weighted by molar-refractivity contribution is 0.726. The van der Waals surface area contributed by atoms with Gasteiger partial charge in [0.15, 0.2) is 0 Å². The lowest BCUT2D eigenvalue weighted by atomic mass is 10.2. The Morgan fingerprint density at radius 3 is 2.42 bits per heavy atom. The number of aromatic nitrogens is 3. The van der Waals surface area contributed by atoms with Crippen LogP contribution in [0.25, 0.3) is 0 Å². The van der Waals surface area contributed by atoms with Gasteiger partial charge in [-0.3, -0.25) is 0 Å². The summed E-state index contributed by atoms with van der Waals surface area (Å²) in [7, 11) is 0. The van der Waals surface area contributed by atoms with Crippen LogP contribution in [0.2, 0.25) is 0 Å². The van der Waals surface area contributed by atoms with Crippen LogP contribution in [0.4, 0.5) is 5.13 Å². The molecule has 1 fully saturated rings. The third kappa shape index (κ3) is 1.72. The lowest BCUT2D eigenvalue weighted by Gasteiger charge is -2.16. The maximum Gasteiger partial charge on any atom is 0.227 e. The Morgan fingerprint density at radius 2 is 1.83 bits per heavy atom. The highest BCUT2D eigenvalue weighted by Gasteiger charge is 2.12. The van der Waals surface area contributed by atoms with Crippen molar-refractivity contribution in [3.8, 4) is 0 Å². The summed E-state index contributed by atoms with van der Waals surface area (Å²) >= 11 is 1.39. The summed E-state index contributed by atoms with van der Waals surface area (Å²) in [5.41, 5.74) is 0. The van der Waals surface area contributed by atoms with Gasteiger partial charge in [-0.2, -0.15) is 0 Å². The van der Waals surface area contributed by atoms with Gasteiger partial charge in [-0.1, -0.05) is 22.4 Å². The first-order valence-electron chi connectivity index (χ1n) is 4.37. The Bertz CT molecular complexity index is 215. The van der Waals surface area contributed by atoms with Crippen molar-refractivity contribution in [2.24, 2.45) is 0 Å². The van der Waals surface area contributed by atoms with Gasteiger partial charge in [0.1, 0.15) is 0 Å². The molecule has 1 aromatic rings. The van der Waals surface area contributed by atoms with Crippen LogP contribution in [0.3, 0.4) is 0 Å². The highest BCUT2D eigenvalue weighted by molar-refractivity contribution is 7.09. The largest absolute Gasteiger partial charge is 0.345 e. The summed E-state index contributed by atoms with van der Waals surface area (Å²) in [5.74, 6) is 0. The fraction of sp³-hybridized carbons (Fsp3) is 0.857. The van der Waals surface area contributed by atoms with Crippen molar-refractivity contribution in [2.45, 2.75) is 25.7 Å². The molecule has 0 spiro atoms. The first-order valence-corrected chi connectivity index (χ1v) is 5.14. The van der Waals surface area contributed by atoms with E-state index in [9.17, 15) is 0 Å². The van der Waals surface area contributed by atoms with Crippen molar-refractivity contribution in [1.82, 2.24) is 14.8 Å². The monoisotopic (exact) mass is 184 g/mol. The number of nitrogens with zero attached hydrogens (tertiary/aromatic N) is 4. The Morgan fingerprint density at radius 1 is 1.08 bits per heavy atom. The molecular formula is C7H12N4S. The molecule has 5 heteroatoms. The SMILES string of the molecule is C1CCCN(c2nnns2)CC1. The maximum absolute atomic E-state index is 3.96. The summed E-state index contributed by atoms with van der Waals surface area (Å²) in [4.78, 5) is 2.29. The van der Waals surface area contributed by atoms with E-state index in [1.165, 1.54) is 37.2 Å². The molecule has 1 aliphatic heterocycles. The number of anilines is 1. The van der Waals surface area contributed by atoms with E-state index in [0.717, 1.165) is 18.2 Å². The third-order valence-corrected chi connectivity index (χ3v) is 2.82. The van der Waals surface area contributed by atoms with Gasteiger partial charge in [0.2, 0.25) is 5.13 Å². The second-order valence-corrected chi connectivity index (χ2v) is 3.76. The summed E-state index contributed by atoms with van der Waals surface area (Å²) in [6.07, 6.45) is 5.25. The van der Waals surface area contributed by atoms with Gasteiger partial charge in [0.25, 0.3) is 0 Å². The molecule has 0 bridgehead atoms. The topological polar surface area (TPSA) is 41.9 Å². The standard InChI is InChI=1S/C7H12N4S/c1-2-4-6-11(5-3-1)7-8-9-10-12-7/h1-6H2. The second kappa shape index (κ2) is 3.80. The number of hydrogen-bond donors (Lipinski definition) is 0. The fourth-order valence-electron chi connectivity index (χ4n) is 1.51. The van der Waals surface area contributed by atoms with Gasteiger partial charge >= 0.3 is 0 Å². The number of rotatable bonds is 1. The predicted octanol–water partition coefficient (Wildman–Crippen LogP) is 1.31. The van der Waals surface area contributed by atoms with E-state index < -0.39 is 0 Å². The highest BCUT2D eigenvalue weighted by Crippen LogP contribution is 2.18. The van der Waals surface area contributed by atoms with Gasteiger partial charge in [0, 0.05) is 24.6 Å². The van der Waals surface area contributed by atoms with Gasteiger partial charge < -0.3 is 4.90 Å². The van der Waals surface area contributed by atoms with E-state index >= 15 is 0 Å². The quantitative estimate of drug-likeness (QED) is 0.660.